The first-order valence-corrected chi connectivity index (χ1v) is 6.78. The third kappa shape index (κ3) is 2.60. The second kappa shape index (κ2) is 5.05. The smallest absolute Gasteiger partial charge is 0.0720 e. The second-order valence-electron chi connectivity index (χ2n) is 6.50. The van der Waals surface area contributed by atoms with E-state index in [1.165, 1.54) is 6.42 Å². The van der Waals surface area contributed by atoms with Gasteiger partial charge in [0.25, 0.3) is 0 Å². The number of rotatable bonds is 3. The third-order valence-corrected chi connectivity index (χ3v) is 4.45. The molecular formula is C14H29NO. The lowest BCUT2D eigenvalue weighted by Gasteiger charge is -2.50. The Morgan fingerprint density at radius 3 is 2.44 bits per heavy atom. The van der Waals surface area contributed by atoms with Crippen LogP contribution in [0.5, 0.6) is 0 Å². The quantitative estimate of drug-likeness (QED) is 0.778. The molecule has 1 aliphatic rings. The van der Waals surface area contributed by atoms with Crippen molar-refractivity contribution in [1.82, 2.24) is 0 Å². The molecule has 0 heterocycles. The minimum Gasteiger partial charge on any atom is -0.389 e. The van der Waals surface area contributed by atoms with E-state index in [0.29, 0.717) is 12.5 Å². The third-order valence-electron chi connectivity index (χ3n) is 4.45. The molecule has 3 N–H and O–H groups in total. The fourth-order valence-corrected chi connectivity index (χ4v) is 3.58. The predicted octanol–water partition coefficient (Wildman–Crippen LogP) is 2.94. The van der Waals surface area contributed by atoms with Crippen LogP contribution >= 0.6 is 0 Å². The summed E-state index contributed by atoms with van der Waals surface area (Å²) in [6.45, 7) is 9.50. The molecule has 2 nitrogen and oxygen atoms in total. The van der Waals surface area contributed by atoms with Crippen LogP contribution in [0.2, 0.25) is 0 Å². The summed E-state index contributed by atoms with van der Waals surface area (Å²) in [4.78, 5) is 0. The van der Waals surface area contributed by atoms with Crippen molar-refractivity contribution in [3.8, 4) is 0 Å². The van der Waals surface area contributed by atoms with Gasteiger partial charge in [-0.3, -0.25) is 0 Å². The van der Waals surface area contributed by atoms with Crippen LogP contribution < -0.4 is 5.73 Å². The maximum absolute atomic E-state index is 11.0. The molecule has 0 aromatic rings. The summed E-state index contributed by atoms with van der Waals surface area (Å²) in [6.07, 6.45) is 5.48. The highest BCUT2D eigenvalue weighted by Gasteiger charge is 2.48. The molecule has 0 radical (unpaired) electrons. The van der Waals surface area contributed by atoms with Gasteiger partial charge in [-0.2, -0.15) is 0 Å². The van der Waals surface area contributed by atoms with Crippen molar-refractivity contribution in [2.45, 2.75) is 65.4 Å². The van der Waals surface area contributed by atoms with Crippen molar-refractivity contribution in [1.29, 1.82) is 0 Å². The number of aliphatic hydroxyl groups is 1. The van der Waals surface area contributed by atoms with Crippen molar-refractivity contribution in [3.63, 3.8) is 0 Å². The Bertz CT molecular complexity index is 217. The van der Waals surface area contributed by atoms with Gasteiger partial charge in [0.2, 0.25) is 0 Å². The average molecular weight is 227 g/mol. The van der Waals surface area contributed by atoms with Crippen LogP contribution in [-0.4, -0.2) is 17.3 Å². The summed E-state index contributed by atoms with van der Waals surface area (Å²) in [5.74, 6) is 0.652. The van der Waals surface area contributed by atoms with Crippen LogP contribution in [0.1, 0.15) is 59.8 Å². The molecule has 0 aromatic heterocycles. The van der Waals surface area contributed by atoms with Gasteiger partial charge in [-0.25, -0.2) is 0 Å². The fraction of sp³-hybridized carbons (Fsp3) is 1.00. The first kappa shape index (κ1) is 14.0. The van der Waals surface area contributed by atoms with Gasteiger partial charge in [0, 0.05) is 0 Å². The van der Waals surface area contributed by atoms with E-state index in [9.17, 15) is 5.11 Å². The number of nitrogens with two attached hydrogens (primary N) is 1. The minimum absolute atomic E-state index is 0.178. The van der Waals surface area contributed by atoms with Crippen molar-refractivity contribution in [2.75, 3.05) is 6.54 Å². The first-order chi connectivity index (χ1) is 7.36. The Balaban J connectivity index is 2.95. The van der Waals surface area contributed by atoms with Gasteiger partial charge in [-0.1, -0.05) is 40.5 Å². The molecule has 0 aromatic carbocycles. The fourth-order valence-electron chi connectivity index (χ4n) is 3.58. The van der Waals surface area contributed by atoms with Crippen LogP contribution in [-0.2, 0) is 0 Å². The van der Waals surface area contributed by atoms with Crippen molar-refractivity contribution < 1.29 is 5.11 Å². The summed E-state index contributed by atoms with van der Waals surface area (Å²) < 4.78 is 0. The Morgan fingerprint density at radius 2 is 2.00 bits per heavy atom. The summed E-state index contributed by atoms with van der Waals surface area (Å²) in [6, 6.07) is 0. The Hall–Kier alpha value is -0.0800. The molecule has 1 saturated carbocycles. The van der Waals surface area contributed by atoms with E-state index >= 15 is 0 Å². The zero-order valence-electron chi connectivity index (χ0n) is 11.4. The lowest BCUT2D eigenvalue weighted by Crippen LogP contribution is -2.53. The van der Waals surface area contributed by atoms with E-state index in [1.807, 2.05) is 0 Å². The molecular weight excluding hydrogens is 198 g/mol. The highest BCUT2D eigenvalue weighted by Crippen LogP contribution is 2.48. The normalized spacial score (nSPS) is 33.8. The van der Waals surface area contributed by atoms with Gasteiger partial charge in [0.15, 0.2) is 0 Å². The molecule has 1 rings (SSSR count). The molecule has 1 aliphatic carbocycles. The topological polar surface area (TPSA) is 46.2 Å². The van der Waals surface area contributed by atoms with E-state index in [-0.39, 0.29) is 11.3 Å². The van der Waals surface area contributed by atoms with Crippen molar-refractivity contribution >= 4 is 0 Å². The van der Waals surface area contributed by atoms with Crippen LogP contribution in [0, 0.1) is 17.3 Å². The molecule has 2 heteroatoms. The van der Waals surface area contributed by atoms with Crippen LogP contribution in [0.4, 0.5) is 0 Å². The van der Waals surface area contributed by atoms with Crippen molar-refractivity contribution in [3.05, 3.63) is 0 Å². The Labute approximate surface area is 101 Å². The maximum atomic E-state index is 11.0. The SMILES string of the molecule is CCC(CN)C1(O)CCCCC1C(C)(C)C. The van der Waals surface area contributed by atoms with Crippen LogP contribution in [0.25, 0.3) is 0 Å². The van der Waals surface area contributed by atoms with Crippen molar-refractivity contribution in [2.24, 2.45) is 23.0 Å². The van der Waals surface area contributed by atoms with E-state index in [2.05, 4.69) is 27.7 Å². The van der Waals surface area contributed by atoms with Gasteiger partial charge in [0.1, 0.15) is 0 Å². The Morgan fingerprint density at radius 1 is 1.38 bits per heavy atom. The molecule has 3 unspecified atom stereocenters. The lowest BCUT2D eigenvalue weighted by molar-refractivity contribution is -0.127. The van der Waals surface area contributed by atoms with E-state index in [4.69, 9.17) is 5.73 Å². The minimum atomic E-state index is -0.528. The number of hydrogen-bond donors (Lipinski definition) is 2. The average Bonchev–Trinajstić information content (AvgIpc) is 2.18. The zero-order chi connectivity index (χ0) is 12.4. The molecule has 0 spiro atoms. The largest absolute Gasteiger partial charge is 0.389 e. The van der Waals surface area contributed by atoms with Gasteiger partial charge < -0.3 is 10.8 Å². The molecule has 16 heavy (non-hydrogen) atoms. The summed E-state index contributed by atoms with van der Waals surface area (Å²) >= 11 is 0. The molecule has 0 bridgehead atoms. The van der Waals surface area contributed by atoms with Gasteiger partial charge >= 0.3 is 0 Å². The second-order valence-corrected chi connectivity index (χ2v) is 6.50. The molecule has 96 valence electrons. The molecule has 3 atom stereocenters. The summed E-state index contributed by atoms with van der Waals surface area (Å²) in [7, 11) is 0. The van der Waals surface area contributed by atoms with Gasteiger partial charge in [0.05, 0.1) is 5.60 Å². The first-order valence-electron chi connectivity index (χ1n) is 6.78. The lowest BCUT2D eigenvalue weighted by atomic mass is 9.59. The highest BCUT2D eigenvalue weighted by atomic mass is 16.3. The molecule has 0 amide bonds. The van der Waals surface area contributed by atoms with Gasteiger partial charge in [-0.15, -0.1) is 0 Å². The maximum Gasteiger partial charge on any atom is 0.0720 e. The zero-order valence-corrected chi connectivity index (χ0v) is 11.4. The standard InChI is InChI=1S/C14H29NO/c1-5-11(10-15)14(16)9-7-6-8-12(14)13(2,3)4/h11-12,16H,5-10,15H2,1-4H3. The van der Waals surface area contributed by atoms with Crippen LogP contribution in [0.3, 0.4) is 0 Å². The highest BCUT2D eigenvalue weighted by molar-refractivity contribution is 4.99. The van der Waals surface area contributed by atoms with E-state index in [0.717, 1.165) is 25.7 Å². The van der Waals surface area contributed by atoms with Crippen LogP contribution in [0.15, 0.2) is 0 Å². The molecule has 0 aliphatic heterocycles. The molecule has 0 saturated heterocycles. The number of hydrogen-bond acceptors (Lipinski definition) is 2. The summed E-state index contributed by atoms with van der Waals surface area (Å²) in [5, 5.41) is 11.0. The van der Waals surface area contributed by atoms with E-state index in [1.54, 1.807) is 0 Å². The van der Waals surface area contributed by atoms with E-state index < -0.39 is 5.60 Å². The monoisotopic (exact) mass is 227 g/mol. The predicted molar refractivity (Wildman–Crippen MR) is 69.2 cm³/mol. The summed E-state index contributed by atoms with van der Waals surface area (Å²) in [5.41, 5.74) is 5.50. The Kier molecular flexibility index (Phi) is 4.42. The molecule has 1 fully saturated rings. The van der Waals surface area contributed by atoms with Gasteiger partial charge in [-0.05, 0) is 43.1 Å².